The van der Waals surface area contributed by atoms with Crippen molar-refractivity contribution < 1.29 is 4.92 Å². The maximum absolute atomic E-state index is 10.9. The SMILES string of the molecule is Nc1ccc(-c2n[nH]c(-c3cccs3)n2)cc1[N+](=O)[O-]. The molecule has 0 aliphatic heterocycles. The first-order valence-electron chi connectivity index (χ1n) is 5.66. The summed E-state index contributed by atoms with van der Waals surface area (Å²) >= 11 is 1.53. The van der Waals surface area contributed by atoms with E-state index in [0.29, 0.717) is 17.2 Å². The molecule has 1 aromatic carbocycles. The van der Waals surface area contributed by atoms with Gasteiger partial charge in [-0.2, -0.15) is 5.10 Å². The van der Waals surface area contributed by atoms with Gasteiger partial charge in [-0.1, -0.05) is 6.07 Å². The summed E-state index contributed by atoms with van der Waals surface area (Å²) in [5.41, 5.74) is 6.08. The lowest BCUT2D eigenvalue weighted by Gasteiger charge is -1.99. The van der Waals surface area contributed by atoms with Gasteiger partial charge in [0.05, 0.1) is 9.80 Å². The van der Waals surface area contributed by atoms with Crippen LogP contribution in [0.5, 0.6) is 0 Å². The Kier molecular flexibility index (Phi) is 2.92. The zero-order valence-corrected chi connectivity index (χ0v) is 10.9. The van der Waals surface area contributed by atoms with Crippen molar-refractivity contribution in [3.63, 3.8) is 0 Å². The van der Waals surface area contributed by atoms with E-state index < -0.39 is 4.92 Å². The van der Waals surface area contributed by atoms with Gasteiger partial charge in [-0.15, -0.1) is 11.3 Å². The number of nitrogens with one attached hydrogen (secondary N) is 1. The molecule has 0 unspecified atom stereocenters. The minimum absolute atomic E-state index is 0.118. The quantitative estimate of drug-likeness (QED) is 0.437. The van der Waals surface area contributed by atoms with Crippen LogP contribution in [0.2, 0.25) is 0 Å². The van der Waals surface area contributed by atoms with Crippen LogP contribution < -0.4 is 5.73 Å². The van der Waals surface area contributed by atoms with E-state index in [1.165, 1.54) is 23.5 Å². The van der Waals surface area contributed by atoms with Gasteiger partial charge in [-0.25, -0.2) is 4.98 Å². The van der Waals surface area contributed by atoms with Crippen molar-refractivity contribution in [1.29, 1.82) is 0 Å². The fourth-order valence-electron chi connectivity index (χ4n) is 1.76. The molecule has 0 radical (unpaired) electrons. The predicted molar refractivity (Wildman–Crippen MR) is 76.2 cm³/mol. The number of hydrogen-bond acceptors (Lipinski definition) is 6. The molecule has 2 heterocycles. The largest absolute Gasteiger partial charge is 0.393 e. The summed E-state index contributed by atoms with van der Waals surface area (Å²) in [5.74, 6) is 1.03. The van der Waals surface area contributed by atoms with Gasteiger partial charge in [0.15, 0.2) is 11.6 Å². The van der Waals surface area contributed by atoms with Crippen LogP contribution in [0.1, 0.15) is 0 Å². The Morgan fingerprint density at radius 1 is 1.35 bits per heavy atom. The van der Waals surface area contributed by atoms with E-state index in [4.69, 9.17) is 5.73 Å². The topological polar surface area (TPSA) is 111 Å². The number of H-pyrrole nitrogens is 1. The van der Waals surface area contributed by atoms with Crippen molar-refractivity contribution in [1.82, 2.24) is 15.2 Å². The highest BCUT2D eigenvalue weighted by Gasteiger charge is 2.15. The number of nitro groups is 1. The number of rotatable bonds is 3. The van der Waals surface area contributed by atoms with Crippen LogP contribution >= 0.6 is 11.3 Å². The Hall–Kier alpha value is -2.74. The lowest BCUT2D eigenvalue weighted by molar-refractivity contribution is -0.383. The first-order chi connectivity index (χ1) is 9.65. The molecule has 8 heteroatoms. The number of nitrogens with two attached hydrogens (primary N) is 1. The van der Waals surface area contributed by atoms with Crippen LogP contribution in [0.4, 0.5) is 11.4 Å². The van der Waals surface area contributed by atoms with Crippen molar-refractivity contribution in [2.24, 2.45) is 0 Å². The maximum Gasteiger partial charge on any atom is 0.292 e. The standard InChI is InChI=1S/C12H9N5O2S/c13-8-4-3-7(6-9(8)17(18)19)11-14-12(16-15-11)10-2-1-5-20-10/h1-6H,13H2,(H,14,15,16). The zero-order chi connectivity index (χ0) is 14.1. The Balaban J connectivity index is 2.02. The highest BCUT2D eigenvalue weighted by Crippen LogP contribution is 2.28. The third-order valence-corrected chi connectivity index (χ3v) is 3.60. The highest BCUT2D eigenvalue weighted by molar-refractivity contribution is 7.13. The average molecular weight is 287 g/mol. The molecule has 0 saturated heterocycles. The smallest absolute Gasteiger partial charge is 0.292 e. The minimum Gasteiger partial charge on any atom is -0.393 e. The summed E-state index contributed by atoms with van der Waals surface area (Å²) < 4.78 is 0. The number of hydrogen-bond donors (Lipinski definition) is 2. The summed E-state index contributed by atoms with van der Waals surface area (Å²) in [4.78, 5) is 15.6. The summed E-state index contributed by atoms with van der Waals surface area (Å²) in [5, 5.41) is 19.7. The normalized spacial score (nSPS) is 10.6. The first-order valence-corrected chi connectivity index (χ1v) is 6.53. The first kappa shape index (κ1) is 12.3. The molecule has 0 atom stereocenters. The van der Waals surface area contributed by atoms with E-state index in [1.54, 1.807) is 6.07 Å². The maximum atomic E-state index is 10.9. The summed E-state index contributed by atoms with van der Waals surface area (Å²) in [7, 11) is 0. The molecule has 7 nitrogen and oxygen atoms in total. The molecule has 2 aromatic heterocycles. The number of aromatic amines is 1. The van der Waals surface area contributed by atoms with Crippen molar-refractivity contribution in [3.8, 4) is 22.1 Å². The van der Waals surface area contributed by atoms with Crippen LogP contribution in [-0.2, 0) is 0 Å². The van der Waals surface area contributed by atoms with Crippen molar-refractivity contribution in [3.05, 3.63) is 45.8 Å². The molecule has 0 spiro atoms. The number of nitro benzene ring substituents is 1. The van der Waals surface area contributed by atoms with Crippen molar-refractivity contribution in [2.45, 2.75) is 0 Å². The Bertz CT molecular complexity index is 766. The van der Waals surface area contributed by atoms with Crippen LogP contribution in [0, 0.1) is 10.1 Å². The number of nitrogen functional groups attached to an aromatic ring is 1. The minimum atomic E-state index is -0.522. The Labute approximate surface area is 117 Å². The fourth-order valence-corrected chi connectivity index (χ4v) is 2.42. The molecule has 3 rings (SSSR count). The lowest BCUT2D eigenvalue weighted by atomic mass is 10.1. The van der Waals surface area contributed by atoms with Crippen molar-refractivity contribution >= 4 is 22.7 Å². The van der Waals surface area contributed by atoms with E-state index in [0.717, 1.165) is 4.88 Å². The van der Waals surface area contributed by atoms with E-state index in [1.807, 2.05) is 17.5 Å². The Morgan fingerprint density at radius 2 is 2.20 bits per heavy atom. The van der Waals surface area contributed by atoms with Gasteiger partial charge in [-0.05, 0) is 23.6 Å². The van der Waals surface area contributed by atoms with E-state index in [2.05, 4.69) is 15.2 Å². The van der Waals surface area contributed by atoms with Gasteiger partial charge >= 0.3 is 0 Å². The second-order valence-corrected chi connectivity index (χ2v) is 4.96. The monoisotopic (exact) mass is 287 g/mol. The highest BCUT2D eigenvalue weighted by atomic mass is 32.1. The number of aromatic nitrogens is 3. The molecule has 0 saturated carbocycles. The van der Waals surface area contributed by atoms with Crippen LogP contribution in [-0.4, -0.2) is 20.1 Å². The molecular weight excluding hydrogens is 278 g/mol. The van der Waals surface area contributed by atoms with Gasteiger partial charge < -0.3 is 5.73 Å². The molecule has 0 bridgehead atoms. The zero-order valence-electron chi connectivity index (χ0n) is 10.1. The van der Waals surface area contributed by atoms with Gasteiger partial charge in [0.25, 0.3) is 5.69 Å². The lowest BCUT2D eigenvalue weighted by Crippen LogP contribution is -1.96. The van der Waals surface area contributed by atoms with Crippen LogP contribution in [0.25, 0.3) is 22.1 Å². The van der Waals surface area contributed by atoms with Gasteiger partial charge in [0, 0.05) is 11.6 Å². The third-order valence-electron chi connectivity index (χ3n) is 2.73. The molecule has 0 aliphatic carbocycles. The van der Waals surface area contributed by atoms with E-state index >= 15 is 0 Å². The Morgan fingerprint density at radius 3 is 2.90 bits per heavy atom. The molecular formula is C12H9N5O2S. The second kappa shape index (κ2) is 4.74. The molecule has 0 fully saturated rings. The van der Waals surface area contributed by atoms with Gasteiger partial charge in [-0.3, -0.25) is 15.2 Å². The van der Waals surface area contributed by atoms with E-state index in [-0.39, 0.29) is 11.4 Å². The molecule has 0 amide bonds. The third kappa shape index (κ3) is 2.12. The molecule has 20 heavy (non-hydrogen) atoms. The van der Waals surface area contributed by atoms with E-state index in [9.17, 15) is 10.1 Å². The molecule has 0 aliphatic rings. The number of benzene rings is 1. The molecule has 3 N–H and O–H groups in total. The molecule has 100 valence electrons. The summed E-state index contributed by atoms with van der Waals surface area (Å²) in [6.45, 7) is 0. The van der Waals surface area contributed by atoms with Gasteiger partial charge in [0.1, 0.15) is 5.69 Å². The second-order valence-electron chi connectivity index (χ2n) is 4.02. The molecule has 3 aromatic rings. The fraction of sp³-hybridized carbons (Fsp3) is 0. The summed E-state index contributed by atoms with van der Waals surface area (Å²) in [6, 6.07) is 8.34. The number of thiophene rings is 1. The number of nitrogens with zero attached hydrogens (tertiary/aromatic N) is 3. The number of anilines is 1. The van der Waals surface area contributed by atoms with Gasteiger partial charge in [0.2, 0.25) is 0 Å². The summed E-state index contributed by atoms with van der Waals surface area (Å²) in [6.07, 6.45) is 0. The predicted octanol–water partition coefficient (Wildman–Crippen LogP) is 2.69. The van der Waals surface area contributed by atoms with Crippen molar-refractivity contribution in [2.75, 3.05) is 5.73 Å². The van der Waals surface area contributed by atoms with Crippen LogP contribution in [0.3, 0.4) is 0 Å². The average Bonchev–Trinajstić information content (AvgIpc) is 3.09. The van der Waals surface area contributed by atoms with Crippen LogP contribution in [0.15, 0.2) is 35.7 Å².